The number of hydrogen-bond donors (Lipinski definition) is 0. The molecule has 2 nitrogen and oxygen atoms in total. The molecule has 0 unspecified atom stereocenters. The lowest BCUT2D eigenvalue weighted by atomic mass is 9.90. The van der Waals surface area contributed by atoms with Gasteiger partial charge in [-0.2, -0.15) is 74.6 Å². The first-order valence-corrected chi connectivity index (χ1v) is 7.24. The second kappa shape index (κ2) is 7.81. The number of hydrogen-bond acceptors (Lipinski definition) is 2. The van der Waals surface area contributed by atoms with E-state index in [1.165, 1.54) is 0 Å². The summed E-state index contributed by atoms with van der Waals surface area (Å²) < 4.78 is 222. The lowest BCUT2D eigenvalue weighted by Crippen LogP contribution is -2.74. The third-order valence-electron chi connectivity index (χ3n) is 3.63. The normalized spacial score (nSPS) is 15.6. The quantitative estimate of drug-likeness (QED) is 0.199. The number of ether oxygens (including phenoxy) is 1. The Hall–Kier alpha value is -1.98. The van der Waals surface area contributed by atoms with Gasteiger partial charge in [-0.25, -0.2) is 4.79 Å². The summed E-state index contributed by atoms with van der Waals surface area (Å²) in [6.45, 7) is 3.47. The predicted molar refractivity (Wildman–Crippen MR) is 66.2 cm³/mol. The van der Waals surface area contributed by atoms with E-state index < -0.39 is 65.8 Å². The Bertz CT molecular complexity index is 733. The van der Waals surface area contributed by atoms with Crippen LogP contribution in [0.4, 0.5) is 74.6 Å². The summed E-state index contributed by atoms with van der Waals surface area (Å²) in [4.78, 5) is 11.0. The molecular formula is C13H7F17O2. The molecule has 0 aromatic heterocycles. The Balaban J connectivity index is 6.65. The highest BCUT2D eigenvalue weighted by atomic mass is 19.4. The van der Waals surface area contributed by atoms with Crippen molar-refractivity contribution in [1.82, 2.24) is 0 Å². The standard InChI is InChI=1S/C13H7F17O2/c1-3-4(2)5(31)32-13(29,30)11(24,25)9(20,21)7(16,17)6(14,15)8(18,19)10(22,23)12(26,27)28/h2-3H2,1H3. The Labute approximate surface area is 165 Å². The topological polar surface area (TPSA) is 26.3 Å². The van der Waals surface area contributed by atoms with Crippen molar-refractivity contribution in [3.63, 3.8) is 0 Å². The van der Waals surface area contributed by atoms with Gasteiger partial charge in [-0.15, -0.1) is 0 Å². The van der Waals surface area contributed by atoms with Crippen LogP contribution in [0.5, 0.6) is 0 Å². The summed E-state index contributed by atoms with van der Waals surface area (Å²) in [7, 11) is 0. The van der Waals surface area contributed by atoms with Crippen LogP contribution in [-0.4, -0.2) is 53.8 Å². The lowest BCUT2D eigenvalue weighted by Gasteiger charge is -2.42. The first-order valence-electron chi connectivity index (χ1n) is 7.24. The molecule has 0 heterocycles. The van der Waals surface area contributed by atoms with Crippen molar-refractivity contribution < 1.29 is 84.2 Å². The molecule has 0 radical (unpaired) electrons. The molecule has 0 aliphatic heterocycles. The molecule has 0 rings (SSSR count). The van der Waals surface area contributed by atoms with Gasteiger partial charge in [-0.3, -0.25) is 0 Å². The maximum absolute atomic E-state index is 13.4. The van der Waals surface area contributed by atoms with Crippen LogP contribution >= 0.6 is 0 Å². The van der Waals surface area contributed by atoms with Crippen LogP contribution in [0.3, 0.4) is 0 Å². The maximum Gasteiger partial charge on any atom is 0.473 e. The van der Waals surface area contributed by atoms with E-state index >= 15 is 0 Å². The maximum atomic E-state index is 13.4. The molecule has 0 aliphatic carbocycles. The number of carbonyl (C=O) groups is 1. The summed E-state index contributed by atoms with van der Waals surface area (Å²) in [5.74, 6) is -53.6. The molecule has 0 fully saturated rings. The molecule has 32 heavy (non-hydrogen) atoms. The third-order valence-corrected chi connectivity index (χ3v) is 3.63. The largest absolute Gasteiger partial charge is 0.473 e. The molecule has 0 aromatic carbocycles. The van der Waals surface area contributed by atoms with Crippen LogP contribution < -0.4 is 0 Å². The Morgan fingerprint density at radius 3 is 1.16 bits per heavy atom. The fraction of sp³-hybridized carbons (Fsp3) is 0.769. The number of rotatable bonds is 9. The zero-order valence-corrected chi connectivity index (χ0v) is 14.7. The van der Waals surface area contributed by atoms with Crippen molar-refractivity contribution in [2.75, 3.05) is 0 Å². The predicted octanol–water partition coefficient (Wildman–Crippen LogP) is 6.46. The summed E-state index contributed by atoms with van der Waals surface area (Å²) in [6, 6.07) is 0. The Morgan fingerprint density at radius 2 is 0.875 bits per heavy atom. The van der Waals surface area contributed by atoms with Crippen LogP contribution in [0.2, 0.25) is 0 Å². The molecule has 0 atom stereocenters. The van der Waals surface area contributed by atoms with Crippen LogP contribution in [0.15, 0.2) is 12.2 Å². The second-order valence-corrected chi connectivity index (χ2v) is 5.81. The minimum absolute atomic E-state index is 0.718. The van der Waals surface area contributed by atoms with Crippen LogP contribution in [0.1, 0.15) is 13.3 Å². The SMILES string of the molecule is C=C(CC)C(=O)OC(F)(F)C(F)(F)C(F)(F)C(F)(F)C(F)(F)C(F)(F)C(F)(F)C(F)(F)F. The van der Waals surface area contributed by atoms with E-state index in [0.717, 1.165) is 6.92 Å². The van der Waals surface area contributed by atoms with E-state index in [9.17, 15) is 79.4 Å². The molecule has 19 heteroatoms. The molecule has 0 N–H and O–H groups in total. The second-order valence-electron chi connectivity index (χ2n) is 5.81. The van der Waals surface area contributed by atoms with Crippen molar-refractivity contribution in [3.05, 3.63) is 12.2 Å². The van der Waals surface area contributed by atoms with Gasteiger partial charge in [0.05, 0.1) is 0 Å². The minimum Gasteiger partial charge on any atom is -0.393 e. The zero-order chi connectivity index (χ0) is 26.6. The molecule has 0 saturated carbocycles. The van der Waals surface area contributed by atoms with Gasteiger partial charge in [0.25, 0.3) is 0 Å². The smallest absolute Gasteiger partial charge is 0.393 e. The van der Waals surface area contributed by atoms with Crippen molar-refractivity contribution in [3.8, 4) is 0 Å². The van der Waals surface area contributed by atoms with Gasteiger partial charge >= 0.3 is 53.8 Å². The van der Waals surface area contributed by atoms with Crippen LogP contribution in [-0.2, 0) is 9.53 Å². The van der Waals surface area contributed by atoms with E-state index in [-0.39, 0.29) is 0 Å². The Kier molecular flexibility index (Phi) is 7.32. The van der Waals surface area contributed by atoms with Gasteiger partial charge in [-0.05, 0) is 6.42 Å². The molecule has 0 amide bonds. The van der Waals surface area contributed by atoms with Crippen molar-refractivity contribution in [1.29, 1.82) is 0 Å². The van der Waals surface area contributed by atoms with Crippen molar-refractivity contribution >= 4 is 5.97 Å². The zero-order valence-electron chi connectivity index (χ0n) is 14.7. The highest BCUT2D eigenvalue weighted by Crippen LogP contribution is 2.64. The van der Waals surface area contributed by atoms with Crippen molar-refractivity contribution in [2.45, 2.75) is 61.2 Å². The first-order chi connectivity index (χ1) is 13.6. The molecule has 0 saturated heterocycles. The molecule has 0 aliphatic rings. The van der Waals surface area contributed by atoms with Crippen LogP contribution in [0, 0.1) is 0 Å². The first kappa shape index (κ1) is 30.0. The fourth-order valence-electron chi connectivity index (χ4n) is 1.55. The number of carbonyl (C=O) groups excluding carboxylic acids is 1. The molecule has 0 spiro atoms. The number of alkyl halides is 17. The molecule has 190 valence electrons. The minimum atomic E-state index is -8.74. The summed E-state index contributed by atoms with van der Waals surface area (Å²) in [5, 5.41) is 0. The number of halogens is 17. The average Bonchev–Trinajstić information content (AvgIpc) is 2.58. The number of esters is 1. The van der Waals surface area contributed by atoms with Crippen LogP contribution in [0.25, 0.3) is 0 Å². The summed E-state index contributed by atoms with van der Waals surface area (Å²) >= 11 is 0. The van der Waals surface area contributed by atoms with E-state index in [4.69, 9.17) is 0 Å². The van der Waals surface area contributed by atoms with Gasteiger partial charge < -0.3 is 4.74 Å². The summed E-state index contributed by atoms with van der Waals surface area (Å²) in [5.41, 5.74) is -1.21. The lowest BCUT2D eigenvalue weighted by molar-refractivity contribution is -0.473. The summed E-state index contributed by atoms with van der Waals surface area (Å²) in [6.07, 6.45) is -15.8. The van der Waals surface area contributed by atoms with Gasteiger partial charge in [0.2, 0.25) is 0 Å². The monoisotopic (exact) mass is 518 g/mol. The average molecular weight is 518 g/mol. The van der Waals surface area contributed by atoms with Gasteiger partial charge in [-0.1, -0.05) is 13.5 Å². The fourth-order valence-corrected chi connectivity index (χ4v) is 1.55. The van der Waals surface area contributed by atoms with Gasteiger partial charge in [0, 0.05) is 5.57 Å². The van der Waals surface area contributed by atoms with E-state index in [2.05, 4.69) is 11.3 Å². The molecule has 0 bridgehead atoms. The van der Waals surface area contributed by atoms with Gasteiger partial charge in [0.15, 0.2) is 0 Å². The van der Waals surface area contributed by atoms with E-state index in [0.29, 0.717) is 0 Å². The molecule has 0 aromatic rings. The molecular weight excluding hydrogens is 511 g/mol. The van der Waals surface area contributed by atoms with E-state index in [1.54, 1.807) is 0 Å². The highest BCUT2D eigenvalue weighted by molar-refractivity contribution is 5.87. The Morgan fingerprint density at radius 1 is 0.594 bits per heavy atom. The van der Waals surface area contributed by atoms with Gasteiger partial charge in [0.1, 0.15) is 0 Å². The highest BCUT2D eigenvalue weighted by Gasteiger charge is 2.95. The van der Waals surface area contributed by atoms with Crippen molar-refractivity contribution in [2.24, 2.45) is 0 Å². The van der Waals surface area contributed by atoms with E-state index in [1.807, 2.05) is 0 Å². The third kappa shape index (κ3) is 3.94.